The summed E-state index contributed by atoms with van der Waals surface area (Å²) in [4.78, 5) is 15.7. The smallest absolute Gasteiger partial charge is 0.277 e. The Balaban J connectivity index is 1.94. The summed E-state index contributed by atoms with van der Waals surface area (Å²) in [6.45, 7) is 0. The summed E-state index contributed by atoms with van der Waals surface area (Å²) in [6, 6.07) is 7.09. The molecule has 118 valence electrons. The minimum Gasteiger partial charge on any atom is -0.440 e. The first-order valence-electron chi connectivity index (χ1n) is 6.45. The molecule has 0 radical (unpaired) electrons. The van der Waals surface area contributed by atoms with E-state index in [1.807, 2.05) is 0 Å². The van der Waals surface area contributed by atoms with Gasteiger partial charge in [0.1, 0.15) is 11.3 Å². The van der Waals surface area contributed by atoms with Gasteiger partial charge in [0, 0.05) is 12.5 Å². The van der Waals surface area contributed by atoms with Crippen molar-refractivity contribution in [3.63, 3.8) is 0 Å². The third kappa shape index (κ3) is 3.14. The van der Waals surface area contributed by atoms with Gasteiger partial charge in [-0.2, -0.15) is 0 Å². The number of halogens is 3. The number of rotatable bonds is 3. The molecule has 1 heterocycles. The van der Waals surface area contributed by atoms with Gasteiger partial charge in [0.25, 0.3) is 5.91 Å². The van der Waals surface area contributed by atoms with Crippen LogP contribution >= 0.6 is 23.2 Å². The first-order valence-corrected chi connectivity index (χ1v) is 7.21. The van der Waals surface area contributed by atoms with Crippen molar-refractivity contribution in [2.24, 2.45) is 0 Å². The number of fused-ring (bicyclic) bond motifs is 1. The van der Waals surface area contributed by atoms with Gasteiger partial charge in [-0.1, -0.05) is 29.3 Å². The lowest BCUT2D eigenvalue weighted by molar-refractivity contribution is 0.0701. The second kappa shape index (κ2) is 6.16. The Morgan fingerprint density at radius 2 is 2.00 bits per heavy atom. The maximum atomic E-state index is 13.6. The molecule has 0 unspecified atom stereocenters. The molecule has 0 aliphatic heterocycles. The number of hydrogen-bond donors (Lipinski definition) is 2. The molecular formula is C15H9Cl2FN2O3. The zero-order chi connectivity index (χ0) is 16.6. The average molecular weight is 355 g/mol. The van der Waals surface area contributed by atoms with Crippen LogP contribution in [0.3, 0.4) is 0 Å². The molecule has 0 atom stereocenters. The van der Waals surface area contributed by atoms with Gasteiger partial charge in [-0.05, 0) is 23.8 Å². The topological polar surface area (TPSA) is 75.4 Å². The molecule has 2 N–H and O–H groups in total. The zero-order valence-corrected chi connectivity index (χ0v) is 13.0. The Hall–Kier alpha value is -2.15. The van der Waals surface area contributed by atoms with Crippen molar-refractivity contribution >= 4 is 40.2 Å². The van der Waals surface area contributed by atoms with Gasteiger partial charge >= 0.3 is 0 Å². The van der Waals surface area contributed by atoms with Gasteiger partial charge in [0.15, 0.2) is 11.5 Å². The molecule has 1 amide bonds. The molecule has 0 bridgehead atoms. The van der Waals surface area contributed by atoms with E-state index in [9.17, 15) is 9.18 Å². The minimum absolute atomic E-state index is 0.232. The fourth-order valence-electron chi connectivity index (χ4n) is 2.14. The number of benzene rings is 2. The molecule has 23 heavy (non-hydrogen) atoms. The van der Waals surface area contributed by atoms with Crippen LogP contribution in [0.15, 0.2) is 34.7 Å². The standard InChI is InChI=1S/C15H9Cl2FN2O3/c16-9-5-12-13(6-10(9)17)23-14(19-12)4-7-1-2-11(18)8(3-7)15(21)20-22/h1-3,5-6,22H,4H2,(H,20,21). The number of carbonyl (C=O) groups excluding carboxylic acids is 1. The molecule has 5 nitrogen and oxygen atoms in total. The van der Waals surface area contributed by atoms with Crippen molar-refractivity contribution in [1.82, 2.24) is 10.5 Å². The van der Waals surface area contributed by atoms with E-state index in [0.717, 1.165) is 6.07 Å². The average Bonchev–Trinajstić information content (AvgIpc) is 2.90. The van der Waals surface area contributed by atoms with Crippen LogP contribution in [0.25, 0.3) is 11.1 Å². The predicted molar refractivity (Wildman–Crippen MR) is 82.5 cm³/mol. The number of hydrogen-bond acceptors (Lipinski definition) is 4. The summed E-state index contributed by atoms with van der Waals surface area (Å²) >= 11 is 11.8. The maximum Gasteiger partial charge on any atom is 0.277 e. The molecular weight excluding hydrogens is 346 g/mol. The van der Waals surface area contributed by atoms with E-state index in [4.69, 9.17) is 32.8 Å². The number of nitrogens with zero attached hydrogens (tertiary/aromatic N) is 1. The van der Waals surface area contributed by atoms with Crippen molar-refractivity contribution in [3.8, 4) is 0 Å². The highest BCUT2D eigenvalue weighted by Crippen LogP contribution is 2.28. The predicted octanol–water partition coefficient (Wildman–Crippen LogP) is 3.98. The summed E-state index contributed by atoms with van der Waals surface area (Å²) < 4.78 is 19.1. The second-order valence-corrected chi connectivity index (χ2v) is 5.59. The summed E-state index contributed by atoms with van der Waals surface area (Å²) in [7, 11) is 0. The largest absolute Gasteiger partial charge is 0.440 e. The summed E-state index contributed by atoms with van der Waals surface area (Å²) in [5.41, 5.74) is 2.74. The van der Waals surface area contributed by atoms with Crippen molar-refractivity contribution in [1.29, 1.82) is 0 Å². The molecule has 1 aromatic heterocycles. The minimum atomic E-state index is -0.930. The Morgan fingerprint density at radius 1 is 1.26 bits per heavy atom. The van der Waals surface area contributed by atoms with Crippen molar-refractivity contribution in [2.45, 2.75) is 6.42 Å². The first kappa shape index (κ1) is 15.7. The maximum absolute atomic E-state index is 13.6. The number of oxazole rings is 1. The lowest BCUT2D eigenvalue weighted by Crippen LogP contribution is -2.20. The van der Waals surface area contributed by atoms with E-state index in [2.05, 4.69) is 4.98 Å². The number of amides is 1. The van der Waals surface area contributed by atoms with Crippen LogP contribution in [-0.4, -0.2) is 16.1 Å². The van der Waals surface area contributed by atoms with Crippen LogP contribution in [0, 0.1) is 5.82 Å². The normalized spacial score (nSPS) is 11.0. The molecule has 0 aliphatic rings. The lowest BCUT2D eigenvalue weighted by atomic mass is 10.1. The van der Waals surface area contributed by atoms with Gasteiger partial charge in [0.05, 0.1) is 15.6 Å². The zero-order valence-electron chi connectivity index (χ0n) is 11.4. The third-order valence-corrected chi connectivity index (χ3v) is 3.93. The van der Waals surface area contributed by atoms with E-state index < -0.39 is 11.7 Å². The molecule has 0 saturated heterocycles. The van der Waals surface area contributed by atoms with E-state index in [1.54, 1.807) is 12.1 Å². The fourth-order valence-corrected chi connectivity index (χ4v) is 2.45. The van der Waals surface area contributed by atoms with Gasteiger partial charge < -0.3 is 4.42 Å². The quantitative estimate of drug-likeness (QED) is 0.550. The van der Waals surface area contributed by atoms with Crippen LogP contribution in [-0.2, 0) is 6.42 Å². The monoisotopic (exact) mass is 354 g/mol. The van der Waals surface area contributed by atoms with E-state index in [-0.39, 0.29) is 12.0 Å². The highest BCUT2D eigenvalue weighted by atomic mass is 35.5. The molecule has 0 fully saturated rings. The first-order chi connectivity index (χ1) is 11.0. The molecule has 2 aromatic carbocycles. The Bertz CT molecular complexity index is 872. The third-order valence-electron chi connectivity index (χ3n) is 3.21. The molecule has 0 aliphatic carbocycles. The lowest BCUT2D eigenvalue weighted by Gasteiger charge is -2.03. The van der Waals surface area contributed by atoms with Crippen LogP contribution in [0.4, 0.5) is 4.39 Å². The molecule has 3 aromatic rings. The number of aromatic nitrogens is 1. The van der Waals surface area contributed by atoms with E-state index in [1.165, 1.54) is 17.6 Å². The van der Waals surface area contributed by atoms with Crippen LogP contribution < -0.4 is 5.48 Å². The van der Waals surface area contributed by atoms with Gasteiger partial charge in [-0.3, -0.25) is 10.0 Å². The molecule has 0 saturated carbocycles. The Labute approximate surface area is 139 Å². The van der Waals surface area contributed by atoms with E-state index in [0.29, 0.717) is 32.6 Å². The SMILES string of the molecule is O=C(NO)c1cc(Cc2nc3cc(Cl)c(Cl)cc3o2)ccc1F. The molecule has 8 heteroatoms. The van der Waals surface area contributed by atoms with Crippen LogP contribution in [0.5, 0.6) is 0 Å². The van der Waals surface area contributed by atoms with Crippen LogP contribution in [0.2, 0.25) is 10.0 Å². The molecule has 0 spiro atoms. The van der Waals surface area contributed by atoms with Gasteiger partial charge in [-0.25, -0.2) is 14.9 Å². The highest BCUT2D eigenvalue weighted by Gasteiger charge is 2.14. The fraction of sp³-hybridized carbons (Fsp3) is 0.0667. The van der Waals surface area contributed by atoms with Crippen LogP contribution in [0.1, 0.15) is 21.8 Å². The summed E-state index contributed by atoms with van der Waals surface area (Å²) in [5.74, 6) is -1.31. The second-order valence-electron chi connectivity index (χ2n) is 4.77. The Kier molecular flexibility index (Phi) is 4.21. The Morgan fingerprint density at radius 3 is 2.74 bits per heavy atom. The number of carbonyl (C=O) groups is 1. The molecule has 3 rings (SSSR count). The van der Waals surface area contributed by atoms with Crippen molar-refractivity contribution in [3.05, 3.63) is 63.2 Å². The van der Waals surface area contributed by atoms with Crippen molar-refractivity contribution < 1.29 is 18.8 Å². The van der Waals surface area contributed by atoms with Crippen molar-refractivity contribution in [2.75, 3.05) is 0 Å². The summed E-state index contributed by atoms with van der Waals surface area (Å²) in [6.07, 6.45) is 0.232. The summed E-state index contributed by atoms with van der Waals surface area (Å²) in [5, 5.41) is 9.33. The van der Waals surface area contributed by atoms with Gasteiger partial charge in [-0.15, -0.1) is 0 Å². The van der Waals surface area contributed by atoms with E-state index >= 15 is 0 Å². The number of hydroxylamine groups is 1. The number of nitrogens with one attached hydrogen (secondary N) is 1. The highest BCUT2D eigenvalue weighted by molar-refractivity contribution is 6.42. The van der Waals surface area contributed by atoms with Gasteiger partial charge in [0.2, 0.25) is 0 Å².